The van der Waals surface area contributed by atoms with E-state index in [4.69, 9.17) is 4.74 Å². The first-order chi connectivity index (χ1) is 11.1. The second kappa shape index (κ2) is 9.10. The van der Waals surface area contributed by atoms with E-state index in [1.807, 2.05) is 42.5 Å². The Morgan fingerprint density at radius 1 is 0.957 bits per heavy atom. The highest BCUT2D eigenvalue weighted by molar-refractivity contribution is 9.10. The van der Waals surface area contributed by atoms with Gasteiger partial charge in [-0.1, -0.05) is 46.3 Å². The molecule has 4 nitrogen and oxygen atoms in total. The van der Waals surface area contributed by atoms with Crippen molar-refractivity contribution in [3.8, 4) is 5.75 Å². The predicted molar refractivity (Wildman–Crippen MR) is 92.7 cm³/mol. The molecule has 0 aliphatic rings. The Hall–Kier alpha value is -2.14. The van der Waals surface area contributed by atoms with Gasteiger partial charge < -0.3 is 10.1 Å². The maximum Gasteiger partial charge on any atom is 0.220 e. The molecular formula is C18H18BrNO3. The van der Waals surface area contributed by atoms with Gasteiger partial charge in [0.15, 0.2) is 5.78 Å². The molecule has 1 N–H and O–H groups in total. The zero-order valence-corrected chi connectivity index (χ0v) is 14.2. The first kappa shape index (κ1) is 17.2. The molecule has 0 saturated carbocycles. The van der Waals surface area contributed by atoms with Crippen molar-refractivity contribution < 1.29 is 14.3 Å². The smallest absolute Gasteiger partial charge is 0.220 e. The van der Waals surface area contributed by atoms with Crippen molar-refractivity contribution in [1.29, 1.82) is 0 Å². The van der Waals surface area contributed by atoms with E-state index in [2.05, 4.69) is 21.2 Å². The molecule has 0 unspecified atom stereocenters. The third kappa shape index (κ3) is 6.24. The first-order valence-electron chi connectivity index (χ1n) is 7.38. The molecule has 23 heavy (non-hydrogen) atoms. The van der Waals surface area contributed by atoms with Crippen molar-refractivity contribution in [1.82, 2.24) is 5.32 Å². The number of carbonyl (C=O) groups excluding carboxylic acids is 2. The number of halogens is 1. The normalized spacial score (nSPS) is 10.1. The van der Waals surface area contributed by atoms with E-state index < -0.39 is 0 Å². The standard InChI is InChI=1S/C18H18BrNO3/c19-15-8-6-14(7-9-15)17(21)10-11-18(22)20-12-13-23-16-4-2-1-3-5-16/h1-9H,10-13H2,(H,20,22). The Bertz CT molecular complexity index is 641. The summed E-state index contributed by atoms with van der Waals surface area (Å²) in [6.07, 6.45) is 0.382. The van der Waals surface area contributed by atoms with E-state index in [0.29, 0.717) is 18.7 Å². The number of ether oxygens (including phenoxy) is 1. The van der Waals surface area contributed by atoms with Crippen LogP contribution in [0.2, 0.25) is 0 Å². The lowest BCUT2D eigenvalue weighted by Crippen LogP contribution is -2.28. The van der Waals surface area contributed by atoms with Crippen LogP contribution >= 0.6 is 15.9 Å². The zero-order valence-electron chi connectivity index (χ0n) is 12.6. The average Bonchev–Trinajstić information content (AvgIpc) is 2.58. The number of rotatable bonds is 8. The summed E-state index contributed by atoms with van der Waals surface area (Å²) in [5.74, 6) is 0.590. The summed E-state index contributed by atoms with van der Waals surface area (Å²) in [5.41, 5.74) is 0.619. The molecule has 0 bridgehead atoms. The molecule has 2 rings (SSSR count). The van der Waals surface area contributed by atoms with Crippen LogP contribution in [0.3, 0.4) is 0 Å². The van der Waals surface area contributed by atoms with Gasteiger partial charge in [-0.15, -0.1) is 0 Å². The van der Waals surface area contributed by atoms with Gasteiger partial charge in [-0.25, -0.2) is 0 Å². The van der Waals surface area contributed by atoms with Crippen LogP contribution in [0.1, 0.15) is 23.2 Å². The molecule has 2 aromatic carbocycles. The van der Waals surface area contributed by atoms with Crippen LogP contribution in [0.5, 0.6) is 5.75 Å². The van der Waals surface area contributed by atoms with Crippen LogP contribution in [-0.2, 0) is 4.79 Å². The molecule has 0 radical (unpaired) electrons. The van der Waals surface area contributed by atoms with Crippen molar-refractivity contribution in [3.63, 3.8) is 0 Å². The maximum atomic E-state index is 12.0. The van der Waals surface area contributed by atoms with Gasteiger partial charge in [0.2, 0.25) is 5.91 Å². The van der Waals surface area contributed by atoms with Crippen LogP contribution in [0.4, 0.5) is 0 Å². The second-order valence-corrected chi connectivity index (χ2v) is 5.86. The van der Waals surface area contributed by atoms with Crippen LogP contribution in [0.15, 0.2) is 59.1 Å². The van der Waals surface area contributed by atoms with E-state index in [9.17, 15) is 9.59 Å². The zero-order chi connectivity index (χ0) is 16.5. The molecule has 0 fully saturated rings. The fourth-order valence-electron chi connectivity index (χ4n) is 1.97. The SMILES string of the molecule is O=C(CCC(=O)c1ccc(Br)cc1)NCCOc1ccccc1. The number of nitrogens with one attached hydrogen (secondary N) is 1. The lowest BCUT2D eigenvalue weighted by molar-refractivity contribution is -0.121. The van der Waals surface area contributed by atoms with Gasteiger partial charge in [-0.3, -0.25) is 9.59 Å². The molecule has 0 aliphatic carbocycles. The molecule has 2 aromatic rings. The summed E-state index contributed by atoms with van der Waals surface area (Å²) in [5, 5.41) is 2.75. The van der Waals surface area contributed by atoms with Crippen molar-refractivity contribution in [2.24, 2.45) is 0 Å². The fourth-order valence-corrected chi connectivity index (χ4v) is 2.24. The van der Waals surface area contributed by atoms with Crippen LogP contribution in [0, 0.1) is 0 Å². The Balaban J connectivity index is 1.63. The molecule has 5 heteroatoms. The number of Topliss-reactive ketones (excluding diaryl/α,β-unsaturated/α-hetero) is 1. The lowest BCUT2D eigenvalue weighted by atomic mass is 10.1. The van der Waals surface area contributed by atoms with E-state index in [1.165, 1.54) is 0 Å². The third-order valence-corrected chi connectivity index (χ3v) is 3.71. The third-order valence-electron chi connectivity index (χ3n) is 3.18. The summed E-state index contributed by atoms with van der Waals surface area (Å²) in [7, 11) is 0. The van der Waals surface area contributed by atoms with Gasteiger partial charge in [-0.2, -0.15) is 0 Å². The molecular weight excluding hydrogens is 358 g/mol. The number of hydrogen-bond acceptors (Lipinski definition) is 3. The maximum absolute atomic E-state index is 12.0. The highest BCUT2D eigenvalue weighted by Crippen LogP contribution is 2.12. The van der Waals surface area contributed by atoms with Crippen LogP contribution in [0.25, 0.3) is 0 Å². The Labute approximate surface area is 144 Å². The van der Waals surface area contributed by atoms with E-state index in [0.717, 1.165) is 10.2 Å². The van der Waals surface area contributed by atoms with E-state index >= 15 is 0 Å². The number of amides is 1. The minimum atomic E-state index is -0.146. The van der Waals surface area contributed by atoms with Crippen molar-refractivity contribution >= 4 is 27.6 Å². The van der Waals surface area contributed by atoms with Crippen LogP contribution < -0.4 is 10.1 Å². The van der Waals surface area contributed by atoms with Gasteiger partial charge in [0, 0.05) is 22.9 Å². The molecule has 0 spiro atoms. The highest BCUT2D eigenvalue weighted by atomic mass is 79.9. The molecule has 0 atom stereocenters. The van der Waals surface area contributed by atoms with Crippen molar-refractivity contribution in [3.05, 3.63) is 64.6 Å². The number of carbonyl (C=O) groups is 2. The van der Waals surface area contributed by atoms with Gasteiger partial charge in [0.05, 0.1) is 6.54 Å². The summed E-state index contributed by atoms with van der Waals surface area (Å²) < 4.78 is 6.40. The van der Waals surface area contributed by atoms with Crippen LogP contribution in [-0.4, -0.2) is 24.8 Å². The molecule has 1 amide bonds. The molecule has 0 saturated heterocycles. The number of ketones is 1. The lowest BCUT2D eigenvalue weighted by Gasteiger charge is -2.07. The van der Waals surface area contributed by atoms with E-state index in [1.54, 1.807) is 12.1 Å². The Morgan fingerprint density at radius 2 is 1.65 bits per heavy atom. The summed E-state index contributed by atoms with van der Waals surface area (Å²) in [6.45, 7) is 0.816. The molecule has 0 aliphatic heterocycles. The van der Waals surface area contributed by atoms with Gasteiger partial charge >= 0.3 is 0 Å². The monoisotopic (exact) mass is 375 g/mol. The van der Waals surface area contributed by atoms with Gasteiger partial charge in [0.1, 0.15) is 12.4 Å². The fraction of sp³-hybridized carbons (Fsp3) is 0.222. The topological polar surface area (TPSA) is 55.4 Å². The summed E-state index contributed by atoms with van der Waals surface area (Å²) in [4.78, 5) is 23.7. The number of benzene rings is 2. The second-order valence-electron chi connectivity index (χ2n) is 4.94. The largest absolute Gasteiger partial charge is 0.492 e. The molecule has 0 heterocycles. The number of hydrogen-bond donors (Lipinski definition) is 1. The van der Waals surface area contributed by atoms with Crippen molar-refractivity contribution in [2.75, 3.05) is 13.2 Å². The Kier molecular flexibility index (Phi) is 6.81. The summed E-state index contributed by atoms with van der Waals surface area (Å²) >= 11 is 3.32. The number of para-hydroxylation sites is 1. The molecule has 120 valence electrons. The van der Waals surface area contributed by atoms with Gasteiger partial charge in [0.25, 0.3) is 0 Å². The minimum absolute atomic E-state index is 0.0341. The summed E-state index contributed by atoms with van der Waals surface area (Å²) in [6, 6.07) is 16.5. The Morgan fingerprint density at radius 3 is 2.35 bits per heavy atom. The van der Waals surface area contributed by atoms with E-state index in [-0.39, 0.29) is 24.5 Å². The molecule has 0 aromatic heterocycles. The minimum Gasteiger partial charge on any atom is -0.492 e. The van der Waals surface area contributed by atoms with Crippen molar-refractivity contribution in [2.45, 2.75) is 12.8 Å². The average molecular weight is 376 g/mol. The predicted octanol–water partition coefficient (Wildman–Crippen LogP) is 3.61. The highest BCUT2D eigenvalue weighted by Gasteiger charge is 2.09. The first-order valence-corrected chi connectivity index (χ1v) is 8.18. The quantitative estimate of drug-likeness (QED) is 0.566. The van der Waals surface area contributed by atoms with Gasteiger partial charge in [-0.05, 0) is 24.3 Å².